The van der Waals surface area contributed by atoms with Crippen LogP contribution in [0.1, 0.15) is 20.8 Å². The van der Waals surface area contributed by atoms with E-state index in [-0.39, 0.29) is 12.5 Å². The van der Waals surface area contributed by atoms with E-state index >= 15 is 0 Å². The Morgan fingerprint density at radius 2 is 2.16 bits per heavy atom. The minimum absolute atomic E-state index is 0.0279. The summed E-state index contributed by atoms with van der Waals surface area (Å²) in [5, 5.41) is 6.47. The number of H-pyrrole nitrogens is 1. The molecule has 0 spiro atoms. The second-order valence-electron chi connectivity index (χ2n) is 5.40. The van der Waals surface area contributed by atoms with Crippen LogP contribution in [-0.2, 0) is 9.53 Å². The molecule has 2 amide bonds. The van der Waals surface area contributed by atoms with E-state index in [1.165, 1.54) is 4.90 Å². The van der Waals surface area contributed by atoms with Gasteiger partial charge in [-0.1, -0.05) is 0 Å². The molecular weight excluding hydrogens is 248 g/mol. The number of nitrogens with one attached hydrogen (secondary N) is 1. The van der Waals surface area contributed by atoms with Gasteiger partial charge in [-0.05, 0) is 20.8 Å². The van der Waals surface area contributed by atoms with Crippen LogP contribution in [0.3, 0.4) is 0 Å². The lowest BCUT2D eigenvalue weighted by Gasteiger charge is -2.34. The molecule has 1 aromatic rings. The molecule has 1 aromatic heterocycles. The topological polar surface area (TPSA) is 78.5 Å². The number of hydrogen-bond acceptors (Lipinski definition) is 4. The zero-order valence-corrected chi connectivity index (χ0v) is 11.3. The van der Waals surface area contributed by atoms with Gasteiger partial charge in [0, 0.05) is 19.3 Å². The summed E-state index contributed by atoms with van der Waals surface area (Å²) in [6, 6.07) is 0. The highest BCUT2D eigenvalue weighted by atomic mass is 16.6. The van der Waals surface area contributed by atoms with E-state index in [0.29, 0.717) is 18.8 Å². The lowest BCUT2D eigenvalue weighted by Crippen LogP contribution is -2.53. The van der Waals surface area contributed by atoms with Gasteiger partial charge < -0.3 is 9.64 Å². The van der Waals surface area contributed by atoms with E-state index in [1.54, 1.807) is 38.1 Å². The van der Waals surface area contributed by atoms with Gasteiger partial charge in [0.1, 0.15) is 12.1 Å². The molecule has 7 heteroatoms. The Balaban J connectivity index is 1.97. The van der Waals surface area contributed by atoms with Crippen molar-refractivity contribution in [3.8, 4) is 0 Å². The maximum atomic E-state index is 12.0. The van der Waals surface area contributed by atoms with Crippen LogP contribution in [0.2, 0.25) is 0 Å². The van der Waals surface area contributed by atoms with E-state index < -0.39 is 11.7 Å². The Labute approximate surface area is 111 Å². The van der Waals surface area contributed by atoms with Gasteiger partial charge in [0.25, 0.3) is 0 Å². The first-order valence-electron chi connectivity index (χ1n) is 6.14. The van der Waals surface area contributed by atoms with Crippen molar-refractivity contribution in [1.29, 1.82) is 0 Å². The van der Waals surface area contributed by atoms with E-state index in [1.807, 2.05) is 0 Å². The molecule has 0 aromatic carbocycles. The molecule has 1 N–H and O–H groups in total. The summed E-state index contributed by atoms with van der Waals surface area (Å²) in [5.74, 6) is -0.140. The average molecular weight is 266 g/mol. The Kier molecular flexibility index (Phi) is 3.46. The highest BCUT2D eigenvalue weighted by molar-refractivity contribution is 5.97. The van der Waals surface area contributed by atoms with Crippen molar-refractivity contribution < 1.29 is 14.3 Å². The van der Waals surface area contributed by atoms with E-state index in [2.05, 4.69) is 10.2 Å². The monoisotopic (exact) mass is 266 g/mol. The molecule has 1 aliphatic rings. The Morgan fingerprint density at radius 3 is 2.68 bits per heavy atom. The van der Waals surface area contributed by atoms with Crippen LogP contribution in [0.15, 0.2) is 12.4 Å². The first-order valence-corrected chi connectivity index (χ1v) is 6.14. The van der Waals surface area contributed by atoms with Crippen molar-refractivity contribution in [2.45, 2.75) is 26.4 Å². The van der Waals surface area contributed by atoms with Crippen LogP contribution in [0.5, 0.6) is 0 Å². The lowest BCUT2D eigenvalue weighted by molar-refractivity contribution is -0.121. The van der Waals surface area contributed by atoms with Gasteiger partial charge in [0.2, 0.25) is 5.91 Å². The minimum Gasteiger partial charge on any atom is -0.444 e. The predicted molar refractivity (Wildman–Crippen MR) is 68.7 cm³/mol. The number of carbonyl (C=O) groups is 2. The molecule has 2 rings (SSSR count). The summed E-state index contributed by atoms with van der Waals surface area (Å²) in [7, 11) is 0. The third kappa shape index (κ3) is 3.24. The molecule has 0 aliphatic carbocycles. The molecule has 0 atom stereocenters. The number of hydrogen-bond donors (Lipinski definition) is 1. The Bertz CT molecular complexity index is 464. The van der Waals surface area contributed by atoms with Crippen molar-refractivity contribution >= 4 is 17.7 Å². The zero-order valence-electron chi connectivity index (χ0n) is 11.3. The Hall–Kier alpha value is -2.05. The molecule has 7 nitrogen and oxygen atoms in total. The molecule has 1 aliphatic heterocycles. The third-order valence-electron chi connectivity index (χ3n) is 2.67. The fourth-order valence-electron chi connectivity index (χ4n) is 1.82. The Morgan fingerprint density at radius 1 is 1.42 bits per heavy atom. The first-order chi connectivity index (χ1) is 8.87. The molecule has 104 valence electrons. The number of piperazine rings is 1. The van der Waals surface area contributed by atoms with Crippen LogP contribution >= 0.6 is 0 Å². The summed E-state index contributed by atoms with van der Waals surface area (Å²) in [6.45, 7) is 6.32. The van der Waals surface area contributed by atoms with Gasteiger partial charge >= 0.3 is 6.09 Å². The molecular formula is C12H18N4O3. The normalized spacial score (nSPS) is 16.7. The maximum absolute atomic E-state index is 12.0. The van der Waals surface area contributed by atoms with Crippen LogP contribution in [0, 0.1) is 0 Å². The van der Waals surface area contributed by atoms with Crippen LogP contribution in [-0.4, -0.2) is 52.3 Å². The van der Waals surface area contributed by atoms with Crippen molar-refractivity contribution in [2.24, 2.45) is 0 Å². The first kappa shape index (κ1) is 13.4. The smallest absolute Gasteiger partial charge is 0.410 e. The van der Waals surface area contributed by atoms with Gasteiger partial charge in [0.05, 0.1) is 11.9 Å². The van der Waals surface area contributed by atoms with Gasteiger partial charge in [-0.15, -0.1) is 0 Å². The van der Waals surface area contributed by atoms with E-state index in [0.717, 1.165) is 0 Å². The van der Waals surface area contributed by atoms with Gasteiger partial charge in [0.15, 0.2) is 0 Å². The second-order valence-corrected chi connectivity index (χ2v) is 5.40. The molecule has 0 radical (unpaired) electrons. The second kappa shape index (κ2) is 4.91. The fraction of sp³-hybridized carbons (Fsp3) is 0.583. The third-order valence-corrected chi connectivity index (χ3v) is 2.67. The van der Waals surface area contributed by atoms with Crippen LogP contribution < -0.4 is 4.90 Å². The number of ether oxygens (including phenoxy) is 1. The summed E-state index contributed by atoms with van der Waals surface area (Å²) >= 11 is 0. The highest BCUT2D eigenvalue weighted by Crippen LogP contribution is 2.17. The van der Waals surface area contributed by atoms with Crippen LogP contribution in [0.25, 0.3) is 0 Å². The molecule has 0 saturated carbocycles. The number of aromatic amines is 1. The van der Waals surface area contributed by atoms with Crippen molar-refractivity contribution in [1.82, 2.24) is 15.1 Å². The fourth-order valence-corrected chi connectivity index (χ4v) is 1.82. The summed E-state index contributed by atoms with van der Waals surface area (Å²) in [4.78, 5) is 26.9. The number of rotatable bonds is 1. The van der Waals surface area contributed by atoms with Gasteiger partial charge in [-0.25, -0.2) is 4.79 Å². The van der Waals surface area contributed by atoms with E-state index in [9.17, 15) is 9.59 Å². The molecule has 0 unspecified atom stereocenters. The van der Waals surface area contributed by atoms with Crippen LogP contribution in [0.4, 0.5) is 10.5 Å². The van der Waals surface area contributed by atoms with Gasteiger partial charge in [-0.2, -0.15) is 5.10 Å². The number of carbonyl (C=O) groups excluding carboxylic acids is 2. The number of aromatic nitrogens is 2. The van der Waals surface area contributed by atoms with E-state index in [4.69, 9.17) is 4.74 Å². The molecule has 1 saturated heterocycles. The summed E-state index contributed by atoms with van der Waals surface area (Å²) < 4.78 is 5.25. The molecule has 2 heterocycles. The standard InChI is InChI=1S/C12H18N4O3/c1-12(2,3)19-11(18)15-4-5-16(10(17)8-15)9-6-13-14-7-9/h6-7H,4-5,8H2,1-3H3,(H,13,14). The van der Waals surface area contributed by atoms with Crippen molar-refractivity contribution in [2.75, 3.05) is 24.5 Å². The molecule has 19 heavy (non-hydrogen) atoms. The summed E-state index contributed by atoms with van der Waals surface area (Å²) in [6.07, 6.45) is 2.79. The minimum atomic E-state index is -0.554. The van der Waals surface area contributed by atoms with Crippen molar-refractivity contribution in [3.05, 3.63) is 12.4 Å². The molecule has 1 fully saturated rings. The number of nitrogens with zero attached hydrogens (tertiary/aromatic N) is 3. The zero-order chi connectivity index (χ0) is 14.0. The number of amides is 2. The lowest BCUT2D eigenvalue weighted by atomic mass is 10.2. The highest BCUT2D eigenvalue weighted by Gasteiger charge is 2.31. The van der Waals surface area contributed by atoms with Gasteiger partial charge in [-0.3, -0.25) is 14.8 Å². The SMILES string of the molecule is CC(C)(C)OC(=O)N1CCN(c2cn[nH]c2)C(=O)C1. The molecule has 0 bridgehead atoms. The predicted octanol–water partition coefficient (Wildman–Crippen LogP) is 0.993. The average Bonchev–Trinajstić information content (AvgIpc) is 2.79. The largest absolute Gasteiger partial charge is 0.444 e. The summed E-state index contributed by atoms with van der Waals surface area (Å²) in [5.41, 5.74) is 0.163. The quantitative estimate of drug-likeness (QED) is 0.822. The maximum Gasteiger partial charge on any atom is 0.410 e. The van der Waals surface area contributed by atoms with Crippen molar-refractivity contribution in [3.63, 3.8) is 0 Å². The number of anilines is 1.